The number of epoxide rings is 1. The molecular formula is C33H50O8. The van der Waals surface area contributed by atoms with Crippen molar-refractivity contribution in [1.29, 1.82) is 0 Å². The molecule has 5 aliphatic rings. The summed E-state index contributed by atoms with van der Waals surface area (Å²) in [5.41, 5.74) is -2.32. The van der Waals surface area contributed by atoms with Crippen LogP contribution in [-0.2, 0) is 33.3 Å². The topological polar surface area (TPSA) is 112 Å². The van der Waals surface area contributed by atoms with E-state index in [-0.39, 0.29) is 30.5 Å². The van der Waals surface area contributed by atoms with Gasteiger partial charge in [-0.1, -0.05) is 47.0 Å². The first kappa shape index (κ1) is 30.5. The molecule has 230 valence electrons. The first-order valence-corrected chi connectivity index (χ1v) is 15.8. The van der Waals surface area contributed by atoms with Crippen LogP contribution in [0.25, 0.3) is 0 Å². The maximum absolute atomic E-state index is 12.7. The molecule has 1 spiro atoms. The number of rotatable bonds is 9. The lowest BCUT2D eigenvalue weighted by Crippen LogP contribution is -2.72. The van der Waals surface area contributed by atoms with Gasteiger partial charge in [0.2, 0.25) is 0 Å². The second kappa shape index (κ2) is 10.7. The Labute approximate surface area is 244 Å². The SMILES string of the molecule is CC(=O)OC[C@]12CC[C@H](OC(C)=O)C[C@]1(O)[C@@H](OC(C)=O)C=C1[C@@H]3CC[C@H]([C@H](C)CCCC(C)C)[C@@]3(C)C[C@H]3O[C@@]132. The maximum atomic E-state index is 12.7. The zero-order valence-corrected chi connectivity index (χ0v) is 26.0. The van der Waals surface area contributed by atoms with Gasteiger partial charge < -0.3 is 24.1 Å². The predicted molar refractivity (Wildman–Crippen MR) is 151 cm³/mol. The summed E-state index contributed by atoms with van der Waals surface area (Å²) in [6.45, 7) is 13.4. The minimum atomic E-state index is -1.64. The third kappa shape index (κ3) is 4.75. The van der Waals surface area contributed by atoms with E-state index in [2.05, 4.69) is 27.7 Å². The Morgan fingerprint density at radius 1 is 1.00 bits per heavy atom. The van der Waals surface area contributed by atoms with Crippen LogP contribution in [0.3, 0.4) is 0 Å². The molecule has 1 aliphatic heterocycles. The van der Waals surface area contributed by atoms with E-state index in [0.29, 0.717) is 30.6 Å². The first-order chi connectivity index (χ1) is 19.2. The van der Waals surface area contributed by atoms with Crippen molar-refractivity contribution < 1.29 is 38.4 Å². The smallest absolute Gasteiger partial charge is 0.303 e. The fourth-order valence-electron chi connectivity index (χ4n) is 9.92. The van der Waals surface area contributed by atoms with Crippen LogP contribution < -0.4 is 0 Å². The molecule has 3 saturated carbocycles. The molecule has 4 fully saturated rings. The van der Waals surface area contributed by atoms with Gasteiger partial charge in [0.05, 0.1) is 11.5 Å². The van der Waals surface area contributed by atoms with E-state index in [4.69, 9.17) is 18.9 Å². The predicted octanol–water partition coefficient (Wildman–Crippen LogP) is 5.29. The van der Waals surface area contributed by atoms with Crippen LogP contribution >= 0.6 is 0 Å². The summed E-state index contributed by atoms with van der Waals surface area (Å²) >= 11 is 0. The van der Waals surface area contributed by atoms with E-state index in [9.17, 15) is 19.5 Å². The highest BCUT2D eigenvalue weighted by atomic mass is 16.6. The van der Waals surface area contributed by atoms with Gasteiger partial charge in [-0.05, 0) is 72.8 Å². The van der Waals surface area contributed by atoms with Crippen LogP contribution in [-0.4, -0.2) is 59.1 Å². The first-order valence-electron chi connectivity index (χ1n) is 15.8. The third-order valence-electron chi connectivity index (χ3n) is 11.6. The molecular weight excluding hydrogens is 524 g/mol. The summed E-state index contributed by atoms with van der Waals surface area (Å²) in [6, 6.07) is 0. The second-order valence-electron chi connectivity index (χ2n) is 14.5. The number of carbonyl (C=O) groups is 3. The average Bonchev–Trinajstić information content (AvgIpc) is 3.46. The molecule has 0 amide bonds. The fourth-order valence-corrected chi connectivity index (χ4v) is 9.92. The van der Waals surface area contributed by atoms with Gasteiger partial charge in [0, 0.05) is 27.2 Å². The second-order valence-corrected chi connectivity index (χ2v) is 14.5. The van der Waals surface area contributed by atoms with E-state index >= 15 is 0 Å². The summed E-state index contributed by atoms with van der Waals surface area (Å²) in [4.78, 5) is 36.5. The van der Waals surface area contributed by atoms with Crippen LogP contribution in [0.15, 0.2) is 11.6 Å². The molecule has 1 heterocycles. The number of ether oxygens (including phenoxy) is 4. The monoisotopic (exact) mass is 574 g/mol. The Morgan fingerprint density at radius 3 is 2.34 bits per heavy atom. The third-order valence-corrected chi connectivity index (χ3v) is 11.6. The Bertz CT molecular complexity index is 1100. The molecule has 8 heteroatoms. The molecule has 0 unspecified atom stereocenters. The summed E-state index contributed by atoms with van der Waals surface area (Å²) in [5, 5.41) is 12.7. The number of esters is 3. The number of hydrogen-bond donors (Lipinski definition) is 1. The lowest BCUT2D eigenvalue weighted by atomic mass is 9.44. The highest BCUT2D eigenvalue weighted by molar-refractivity contribution is 5.68. The van der Waals surface area contributed by atoms with E-state index in [1.54, 1.807) is 0 Å². The van der Waals surface area contributed by atoms with Gasteiger partial charge in [0.15, 0.2) is 0 Å². The van der Waals surface area contributed by atoms with Crippen LogP contribution in [0, 0.1) is 34.5 Å². The van der Waals surface area contributed by atoms with Crippen molar-refractivity contribution in [1.82, 2.24) is 0 Å². The Hall–Kier alpha value is -1.93. The molecule has 4 aliphatic carbocycles. The summed E-state index contributed by atoms with van der Waals surface area (Å²) in [7, 11) is 0. The minimum Gasteiger partial charge on any atom is -0.465 e. The molecule has 0 aromatic heterocycles. The molecule has 0 aromatic rings. The Kier molecular flexibility index (Phi) is 7.93. The summed E-state index contributed by atoms with van der Waals surface area (Å²) < 4.78 is 24.0. The van der Waals surface area contributed by atoms with Crippen LogP contribution in [0.2, 0.25) is 0 Å². The molecule has 5 rings (SSSR count). The number of carbonyl (C=O) groups excluding carboxylic acids is 3. The lowest BCUT2D eigenvalue weighted by molar-refractivity contribution is -0.243. The molecule has 0 bridgehead atoms. The zero-order valence-electron chi connectivity index (χ0n) is 26.0. The van der Waals surface area contributed by atoms with Crippen LogP contribution in [0.4, 0.5) is 0 Å². The van der Waals surface area contributed by atoms with Crippen molar-refractivity contribution in [2.24, 2.45) is 34.5 Å². The van der Waals surface area contributed by atoms with E-state index in [1.165, 1.54) is 40.0 Å². The molecule has 41 heavy (non-hydrogen) atoms. The van der Waals surface area contributed by atoms with Crippen molar-refractivity contribution in [3.63, 3.8) is 0 Å². The quantitative estimate of drug-likeness (QED) is 0.171. The van der Waals surface area contributed by atoms with E-state index in [1.807, 2.05) is 6.08 Å². The number of hydrogen-bond acceptors (Lipinski definition) is 8. The van der Waals surface area contributed by atoms with Crippen LogP contribution in [0.5, 0.6) is 0 Å². The number of aliphatic hydroxyl groups is 1. The van der Waals surface area contributed by atoms with Gasteiger partial charge in [-0.3, -0.25) is 14.4 Å². The highest BCUT2D eigenvalue weighted by Gasteiger charge is 2.84. The Balaban J connectivity index is 1.56. The van der Waals surface area contributed by atoms with Crippen molar-refractivity contribution in [3.8, 4) is 0 Å². The average molecular weight is 575 g/mol. The lowest BCUT2D eigenvalue weighted by Gasteiger charge is -2.61. The Morgan fingerprint density at radius 2 is 1.71 bits per heavy atom. The van der Waals surface area contributed by atoms with Gasteiger partial charge in [-0.15, -0.1) is 0 Å². The molecule has 0 radical (unpaired) electrons. The highest BCUT2D eigenvalue weighted by Crippen LogP contribution is 2.76. The van der Waals surface area contributed by atoms with Crippen molar-refractivity contribution in [2.45, 2.75) is 136 Å². The van der Waals surface area contributed by atoms with Crippen molar-refractivity contribution in [3.05, 3.63) is 11.6 Å². The normalized spacial score (nSPS) is 43.0. The molecule has 0 aromatic carbocycles. The summed E-state index contributed by atoms with van der Waals surface area (Å²) in [6.07, 6.45) is 8.06. The van der Waals surface area contributed by atoms with Gasteiger partial charge in [0.1, 0.15) is 30.0 Å². The van der Waals surface area contributed by atoms with Gasteiger partial charge >= 0.3 is 17.9 Å². The standard InChI is InChI=1S/C33H50O8/c1-19(2)9-8-10-20(3)25-11-12-26-27-15-28(40-23(6)36)32(37)16-24(39-22(5)35)13-14-31(32,18-38-21(4)34)33(27)29(41-33)17-30(25,26)7/h15,19-20,24-26,28-29,37H,8-14,16-18H2,1-7H3/t20-,24+,25-,26+,28+,29-,30-,31-,32+,33+/m1/s1. The summed E-state index contributed by atoms with van der Waals surface area (Å²) in [5.74, 6) is 0.722. The largest absolute Gasteiger partial charge is 0.465 e. The van der Waals surface area contributed by atoms with Crippen molar-refractivity contribution >= 4 is 17.9 Å². The molecule has 1 saturated heterocycles. The molecule has 1 N–H and O–H groups in total. The maximum Gasteiger partial charge on any atom is 0.303 e. The van der Waals surface area contributed by atoms with Gasteiger partial charge in [0.25, 0.3) is 0 Å². The van der Waals surface area contributed by atoms with Crippen LogP contribution in [0.1, 0.15) is 106 Å². The minimum absolute atomic E-state index is 0.0293. The fraction of sp³-hybridized carbons (Fsp3) is 0.848. The van der Waals surface area contributed by atoms with Crippen molar-refractivity contribution in [2.75, 3.05) is 6.61 Å². The van der Waals surface area contributed by atoms with E-state index in [0.717, 1.165) is 24.8 Å². The van der Waals surface area contributed by atoms with Gasteiger partial charge in [-0.2, -0.15) is 0 Å². The van der Waals surface area contributed by atoms with Gasteiger partial charge in [-0.25, -0.2) is 0 Å². The van der Waals surface area contributed by atoms with E-state index < -0.39 is 46.7 Å². The number of fused-ring (bicyclic) bond motifs is 3. The molecule has 10 atom stereocenters. The molecule has 8 nitrogen and oxygen atoms in total. The zero-order chi connectivity index (χ0) is 30.0.